The minimum Gasteiger partial charge on any atom is -0.507 e. The summed E-state index contributed by atoms with van der Waals surface area (Å²) in [7, 11) is 0. The zero-order valence-corrected chi connectivity index (χ0v) is 11.1. The third-order valence-corrected chi connectivity index (χ3v) is 3.61. The Morgan fingerprint density at radius 2 is 1.74 bits per heavy atom. The highest BCUT2D eigenvalue weighted by Crippen LogP contribution is 2.42. The van der Waals surface area contributed by atoms with E-state index >= 15 is 0 Å². The van der Waals surface area contributed by atoms with Gasteiger partial charge in [-0.3, -0.25) is 0 Å². The molecule has 0 spiro atoms. The topological polar surface area (TPSA) is 29.5 Å². The fraction of sp³-hybridized carbons (Fsp3) is 0.294. The predicted molar refractivity (Wildman–Crippen MR) is 77.9 cm³/mol. The van der Waals surface area contributed by atoms with Gasteiger partial charge in [-0.15, -0.1) is 0 Å². The number of ether oxygens (including phenoxy) is 1. The highest BCUT2D eigenvalue weighted by atomic mass is 16.5. The van der Waals surface area contributed by atoms with Crippen LogP contribution in [0.4, 0.5) is 0 Å². The number of aromatic hydroxyl groups is 1. The molecule has 2 aromatic rings. The van der Waals surface area contributed by atoms with E-state index in [9.17, 15) is 5.11 Å². The molecule has 0 fully saturated rings. The van der Waals surface area contributed by atoms with Crippen molar-refractivity contribution in [3.8, 4) is 11.5 Å². The van der Waals surface area contributed by atoms with Crippen LogP contribution in [0.3, 0.4) is 0 Å². The van der Waals surface area contributed by atoms with E-state index < -0.39 is 0 Å². The van der Waals surface area contributed by atoms with E-state index in [-0.39, 0.29) is 0 Å². The van der Waals surface area contributed by atoms with Gasteiger partial charge < -0.3 is 9.84 Å². The van der Waals surface area contributed by atoms with E-state index in [1.807, 2.05) is 24.3 Å². The van der Waals surface area contributed by atoms with Gasteiger partial charge in [0.05, 0.1) is 6.61 Å². The molecule has 0 saturated heterocycles. The second kappa shape index (κ2) is 4.96. The van der Waals surface area contributed by atoms with Crippen LogP contribution >= 0.6 is 0 Å². The fourth-order valence-electron chi connectivity index (χ4n) is 2.70. The lowest BCUT2D eigenvalue weighted by Crippen LogP contribution is -2.05. The van der Waals surface area contributed by atoms with Crippen molar-refractivity contribution in [1.29, 1.82) is 0 Å². The van der Waals surface area contributed by atoms with Crippen LogP contribution in [-0.4, -0.2) is 11.7 Å². The molecule has 1 N–H and O–H groups in total. The molecule has 1 aliphatic carbocycles. The molecule has 1 aliphatic rings. The van der Waals surface area contributed by atoms with Crippen LogP contribution in [0.2, 0.25) is 0 Å². The summed E-state index contributed by atoms with van der Waals surface area (Å²) in [6.45, 7) is 2.82. The molecule has 0 amide bonds. The number of benzene rings is 2. The van der Waals surface area contributed by atoms with Crippen molar-refractivity contribution >= 4 is 10.8 Å². The first-order chi connectivity index (χ1) is 9.33. The van der Waals surface area contributed by atoms with E-state index in [1.165, 1.54) is 0 Å². The van der Waals surface area contributed by atoms with Crippen LogP contribution in [-0.2, 0) is 12.8 Å². The minimum atomic E-state index is 0.416. The van der Waals surface area contributed by atoms with Crippen molar-refractivity contribution < 1.29 is 9.84 Å². The van der Waals surface area contributed by atoms with Gasteiger partial charge >= 0.3 is 0 Å². The summed E-state index contributed by atoms with van der Waals surface area (Å²) < 4.78 is 5.98. The predicted octanol–water partition coefficient (Wildman–Crippen LogP) is 3.99. The summed E-state index contributed by atoms with van der Waals surface area (Å²) in [5.41, 5.74) is 2.17. The van der Waals surface area contributed by atoms with Crippen molar-refractivity contribution in [2.45, 2.75) is 26.2 Å². The van der Waals surface area contributed by atoms with Gasteiger partial charge in [0.1, 0.15) is 11.5 Å². The molecule has 98 valence electrons. The van der Waals surface area contributed by atoms with Crippen LogP contribution in [0.5, 0.6) is 11.5 Å². The number of hydrogen-bond acceptors (Lipinski definition) is 2. The van der Waals surface area contributed by atoms with Gasteiger partial charge in [0.2, 0.25) is 0 Å². The molecule has 0 bridgehead atoms. The smallest absolute Gasteiger partial charge is 0.131 e. The molecule has 0 aromatic heterocycles. The maximum Gasteiger partial charge on any atom is 0.131 e. The Balaban J connectivity index is 2.28. The summed E-state index contributed by atoms with van der Waals surface area (Å²) in [6.07, 6.45) is 6.87. The Bertz CT molecular complexity index is 641. The van der Waals surface area contributed by atoms with E-state index in [0.717, 1.165) is 46.9 Å². The number of fused-ring (bicyclic) bond motifs is 2. The lowest BCUT2D eigenvalue weighted by atomic mass is 9.91. The Morgan fingerprint density at radius 3 is 2.47 bits per heavy atom. The van der Waals surface area contributed by atoms with Crippen molar-refractivity contribution in [2.75, 3.05) is 6.61 Å². The van der Waals surface area contributed by atoms with Gasteiger partial charge in [-0.25, -0.2) is 0 Å². The molecule has 2 aromatic carbocycles. The molecule has 0 atom stereocenters. The lowest BCUT2D eigenvalue weighted by Gasteiger charge is -2.20. The monoisotopic (exact) mass is 254 g/mol. The number of rotatable bonds is 3. The Morgan fingerprint density at radius 1 is 1.05 bits per heavy atom. The highest BCUT2D eigenvalue weighted by molar-refractivity contribution is 5.96. The van der Waals surface area contributed by atoms with E-state index in [0.29, 0.717) is 12.4 Å². The molecular weight excluding hydrogens is 236 g/mol. The maximum atomic E-state index is 10.5. The van der Waals surface area contributed by atoms with Crippen LogP contribution in [0.25, 0.3) is 10.8 Å². The molecule has 0 radical (unpaired) electrons. The van der Waals surface area contributed by atoms with Gasteiger partial charge in [0.15, 0.2) is 0 Å². The summed E-state index contributed by atoms with van der Waals surface area (Å²) in [5, 5.41) is 12.4. The first-order valence-electron chi connectivity index (χ1n) is 6.86. The molecule has 3 rings (SSSR count). The molecule has 2 heteroatoms. The van der Waals surface area contributed by atoms with Gasteiger partial charge in [-0.1, -0.05) is 43.3 Å². The second-order valence-electron chi connectivity index (χ2n) is 4.91. The van der Waals surface area contributed by atoms with Crippen LogP contribution in [0.15, 0.2) is 36.4 Å². The van der Waals surface area contributed by atoms with E-state index in [4.69, 9.17) is 4.74 Å². The van der Waals surface area contributed by atoms with Crippen LogP contribution < -0.4 is 4.74 Å². The summed E-state index contributed by atoms with van der Waals surface area (Å²) in [5.74, 6) is 1.37. The van der Waals surface area contributed by atoms with Gasteiger partial charge in [-0.05, 0) is 19.3 Å². The van der Waals surface area contributed by atoms with E-state index in [1.54, 1.807) is 0 Å². The van der Waals surface area contributed by atoms with Gasteiger partial charge in [0.25, 0.3) is 0 Å². The van der Waals surface area contributed by atoms with Crippen molar-refractivity contribution in [1.82, 2.24) is 0 Å². The standard InChI is InChI=1S/C17H18O2/c1-2-11-19-17-14-9-5-3-7-12(14)16(18)13-8-4-6-10-15(13)17/h3-7,9,18H,2,8,10-11H2,1H3. The second-order valence-corrected chi connectivity index (χ2v) is 4.91. The number of hydrogen-bond donors (Lipinski definition) is 1. The largest absolute Gasteiger partial charge is 0.507 e. The highest BCUT2D eigenvalue weighted by Gasteiger charge is 2.20. The SMILES string of the molecule is CCCOc1c2c(c(O)c3ccccc13)CC=CC2. The number of phenolic OH excluding ortho intramolecular Hbond substituents is 1. The van der Waals surface area contributed by atoms with Crippen molar-refractivity contribution in [2.24, 2.45) is 0 Å². The minimum absolute atomic E-state index is 0.416. The Kier molecular flexibility index (Phi) is 3.16. The zero-order valence-electron chi connectivity index (χ0n) is 11.1. The summed E-state index contributed by atoms with van der Waals surface area (Å²) >= 11 is 0. The first-order valence-corrected chi connectivity index (χ1v) is 6.86. The van der Waals surface area contributed by atoms with Crippen molar-refractivity contribution in [3.05, 3.63) is 47.5 Å². The number of allylic oxidation sites excluding steroid dienone is 2. The number of phenols is 1. The molecule has 2 nitrogen and oxygen atoms in total. The third kappa shape index (κ3) is 1.97. The van der Waals surface area contributed by atoms with Crippen molar-refractivity contribution in [3.63, 3.8) is 0 Å². The molecule has 0 unspecified atom stereocenters. The van der Waals surface area contributed by atoms with Gasteiger partial charge in [0, 0.05) is 21.9 Å². The third-order valence-electron chi connectivity index (χ3n) is 3.61. The average Bonchev–Trinajstić information content (AvgIpc) is 2.47. The quantitative estimate of drug-likeness (QED) is 0.839. The summed E-state index contributed by atoms with van der Waals surface area (Å²) in [6, 6.07) is 7.93. The molecule has 0 saturated carbocycles. The average molecular weight is 254 g/mol. The molecular formula is C17H18O2. The normalized spacial score (nSPS) is 13.5. The van der Waals surface area contributed by atoms with Crippen LogP contribution in [0, 0.1) is 0 Å². The fourth-order valence-corrected chi connectivity index (χ4v) is 2.70. The molecule has 19 heavy (non-hydrogen) atoms. The van der Waals surface area contributed by atoms with E-state index in [2.05, 4.69) is 19.1 Å². The Labute approximate surface area is 113 Å². The van der Waals surface area contributed by atoms with Gasteiger partial charge in [-0.2, -0.15) is 0 Å². The maximum absolute atomic E-state index is 10.5. The summed E-state index contributed by atoms with van der Waals surface area (Å²) in [4.78, 5) is 0. The lowest BCUT2D eigenvalue weighted by molar-refractivity contribution is 0.317. The Hall–Kier alpha value is -1.96. The zero-order chi connectivity index (χ0) is 13.2. The first kappa shape index (κ1) is 12.1. The molecule has 0 heterocycles. The van der Waals surface area contributed by atoms with Crippen LogP contribution in [0.1, 0.15) is 24.5 Å². The molecule has 0 aliphatic heterocycles.